The Bertz CT molecular complexity index is 1140. The van der Waals surface area contributed by atoms with E-state index in [4.69, 9.17) is 9.47 Å². The number of nitrogens with one attached hydrogen (secondary N) is 2. The van der Waals surface area contributed by atoms with Gasteiger partial charge in [-0.2, -0.15) is 0 Å². The van der Waals surface area contributed by atoms with Crippen LogP contribution in [-0.2, 0) is 6.54 Å². The Morgan fingerprint density at radius 3 is 2.75 bits per heavy atom. The van der Waals surface area contributed by atoms with Crippen molar-refractivity contribution >= 4 is 28.2 Å². The fourth-order valence-electron chi connectivity index (χ4n) is 3.11. The maximum atomic E-state index is 5.42. The van der Waals surface area contributed by atoms with Gasteiger partial charge in [-0.1, -0.05) is 24.3 Å². The average molecular weight is 371 g/mol. The highest BCUT2D eigenvalue weighted by molar-refractivity contribution is 5.91. The maximum absolute atomic E-state index is 5.42. The van der Waals surface area contributed by atoms with Crippen molar-refractivity contribution < 1.29 is 9.47 Å². The first-order valence-corrected chi connectivity index (χ1v) is 8.90. The van der Waals surface area contributed by atoms with Crippen LogP contribution in [0.15, 0.2) is 67.1 Å². The fraction of sp³-hybridized carbons (Fsp3) is 0.0952. The number of benzene rings is 2. The van der Waals surface area contributed by atoms with E-state index in [0.29, 0.717) is 12.4 Å². The molecule has 0 saturated heterocycles. The second kappa shape index (κ2) is 7.03. The Labute approximate surface area is 161 Å². The molecule has 0 bridgehead atoms. The van der Waals surface area contributed by atoms with Crippen molar-refractivity contribution in [3.63, 3.8) is 0 Å². The Morgan fingerprint density at radius 2 is 1.75 bits per heavy atom. The molecule has 5 rings (SSSR count). The molecule has 0 atom stereocenters. The summed E-state index contributed by atoms with van der Waals surface area (Å²) in [6.07, 6.45) is 3.31. The molecule has 0 saturated carbocycles. The number of ether oxygens (including phenoxy) is 2. The van der Waals surface area contributed by atoms with Crippen LogP contribution in [0, 0.1) is 0 Å². The zero-order valence-corrected chi connectivity index (χ0v) is 14.9. The number of nitrogens with zero attached hydrogens (tertiary/aromatic N) is 3. The topological polar surface area (TPSA) is 81.2 Å². The summed E-state index contributed by atoms with van der Waals surface area (Å²) in [6.45, 7) is 0.888. The van der Waals surface area contributed by atoms with Crippen LogP contribution < -0.4 is 20.1 Å². The highest BCUT2D eigenvalue weighted by atomic mass is 16.7. The van der Waals surface area contributed by atoms with Crippen molar-refractivity contribution in [2.45, 2.75) is 6.54 Å². The van der Waals surface area contributed by atoms with E-state index in [1.54, 1.807) is 6.20 Å². The molecule has 1 aliphatic rings. The third-order valence-electron chi connectivity index (χ3n) is 4.47. The minimum atomic E-state index is 0.274. The Kier molecular flexibility index (Phi) is 4.10. The van der Waals surface area contributed by atoms with Crippen LogP contribution >= 0.6 is 0 Å². The van der Waals surface area contributed by atoms with Crippen LogP contribution in [0.25, 0.3) is 10.9 Å². The third-order valence-corrected chi connectivity index (χ3v) is 4.47. The van der Waals surface area contributed by atoms with Gasteiger partial charge in [0.25, 0.3) is 0 Å². The summed E-state index contributed by atoms with van der Waals surface area (Å²) in [7, 11) is 0. The zero-order chi connectivity index (χ0) is 18.8. The fourth-order valence-corrected chi connectivity index (χ4v) is 3.11. The van der Waals surface area contributed by atoms with Crippen LogP contribution in [0.1, 0.15) is 5.56 Å². The highest BCUT2D eigenvalue weighted by Crippen LogP contribution is 2.32. The summed E-state index contributed by atoms with van der Waals surface area (Å²) in [5, 5.41) is 7.71. The van der Waals surface area contributed by atoms with Crippen LogP contribution in [0.4, 0.5) is 17.3 Å². The van der Waals surface area contributed by atoms with E-state index in [2.05, 4.69) is 25.6 Å². The SMILES string of the molecule is c1cnc2c(Nc3cc(NCc4ccc5c(c4)OCO5)ncn3)cccc2c1. The Hall–Kier alpha value is -3.87. The highest BCUT2D eigenvalue weighted by Gasteiger charge is 2.13. The van der Waals surface area contributed by atoms with Crippen molar-refractivity contribution in [2.24, 2.45) is 0 Å². The van der Waals surface area contributed by atoms with Crippen molar-refractivity contribution in [3.8, 4) is 11.5 Å². The number of pyridine rings is 1. The number of rotatable bonds is 5. The summed E-state index contributed by atoms with van der Waals surface area (Å²) in [5.74, 6) is 2.97. The van der Waals surface area contributed by atoms with E-state index in [9.17, 15) is 0 Å². The van der Waals surface area contributed by atoms with Crippen LogP contribution in [-0.4, -0.2) is 21.7 Å². The molecule has 0 aliphatic carbocycles. The first kappa shape index (κ1) is 16.3. The van der Waals surface area contributed by atoms with Crippen LogP contribution in [0.2, 0.25) is 0 Å². The lowest BCUT2D eigenvalue weighted by Gasteiger charge is -2.10. The number of fused-ring (bicyclic) bond motifs is 2. The smallest absolute Gasteiger partial charge is 0.231 e. The molecular formula is C21H17N5O2. The molecule has 1 aliphatic heterocycles. The van der Waals surface area contributed by atoms with Gasteiger partial charge in [0.05, 0.1) is 11.2 Å². The molecule has 0 amide bonds. The molecule has 7 heteroatoms. The zero-order valence-electron chi connectivity index (χ0n) is 14.9. The van der Waals surface area contributed by atoms with Gasteiger partial charge in [-0.3, -0.25) is 4.98 Å². The molecule has 28 heavy (non-hydrogen) atoms. The molecular weight excluding hydrogens is 354 g/mol. The lowest BCUT2D eigenvalue weighted by molar-refractivity contribution is 0.174. The predicted molar refractivity (Wildman–Crippen MR) is 107 cm³/mol. The monoisotopic (exact) mass is 371 g/mol. The van der Waals surface area contributed by atoms with E-state index in [1.807, 2.05) is 54.6 Å². The molecule has 4 aromatic rings. The molecule has 138 valence electrons. The molecule has 0 radical (unpaired) electrons. The normalized spacial score (nSPS) is 12.1. The average Bonchev–Trinajstić information content (AvgIpc) is 3.21. The lowest BCUT2D eigenvalue weighted by atomic mass is 10.2. The van der Waals surface area contributed by atoms with Crippen LogP contribution in [0.5, 0.6) is 11.5 Å². The Morgan fingerprint density at radius 1 is 0.857 bits per heavy atom. The van der Waals surface area contributed by atoms with Gasteiger partial charge in [0.2, 0.25) is 6.79 Å². The number of hydrogen-bond acceptors (Lipinski definition) is 7. The van der Waals surface area contributed by atoms with Gasteiger partial charge in [-0.05, 0) is 29.8 Å². The van der Waals surface area contributed by atoms with Crippen molar-refractivity contribution in [1.29, 1.82) is 0 Å². The number of anilines is 3. The molecule has 7 nitrogen and oxygen atoms in total. The molecule has 0 unspecified atom stereocenters. The van der Waals surface area contributed by atoms with Gasteiger partial charge in [0, 0.05) is 24.2 Å². The first-order chi connectivity index (χ1) is 13.8. The number of aromatic nitrogens is 3. The van der Waals surface area contributed by atoms with E-state index in [-0.39, 0.29) is 6.79 Å². The van der Waals surface area contributed by atoms with Gasteiger partial charge in [0.15, 0.2) is 11.5 Å². The molecule has 3 heterocycles. The second-order valence-corrected chi connectivity index (χ2v) is 6.34. The number of para-hydroxylation sites is 1. The minimum absolute atomic E-state index is 0.274. The molecule has 2 aromatic heterocycles. The van der Waals surface area contributed by atoms with Crippen molar-refractivity contribution in [3.05, 3.63) is 72.7 Å². The van der Waals surface area contributed by atoms with Crippen molar-refractivity contribution in [2.75, 3.05) is 17.4 Å². The summed E-state index contributed by atoms with van der Waals surface area (Å²) in [4.78, 5) is 13.1. The first-order valence-electron chi connectivity index (χ1n) is 8.90. The molecule has 2 aromatic carbocycles. The van der Waals surface area contributed by atoms with Crippen LogP contribution in [0.3, 0.4) is 0 Å². The standard InChI is InChI=1S/C21H17N5O2/c1-3-15-4-2-8-22-21(15)16(5-1)26-20-10-19(24-12-25-20)23-11-14-6-7-17-18(9-14)28-13-27-17/h1-10,12H,11,13H2,(H2,23,24,25,26). The van der Waals surface area contributed by atoms with E-state index in [1.165, 1.54) is 6.33 Å². The number of hydrogen-bond donors (Lipinski definition) is 2. The third kappa shape index (κ3) is 3.25. The van der Waals surface area contributed by atoms with E-state index in [0.717, 1.165) is 39.5 Å². The molecule has 2 N–H and O–H groups in total. The lowest BCUT2D eigenvalue weighted by Crippen LogP contribution is -2.03. The summed E-state index contributed by atoms with van der Waals surface area (Å²) in [6, 6.07) is 17.7. The molecule has 0 fully saturated rings. The largest absolute Gasteiger partial charge is 0.454 e. The Balaban J connectivity index is 1.32. The van der Waals surface area contributed by atoms with Gasteiger partial charge in [-0.25, -0.2) is 9.97 Å². The maximum Gasteiger partial charge on any atom is 0.231 e. The van der Waals surface area contributed by atoms with E-state index >= 15 is 0 Å². The van der Waals surface area contributed by atoms with E-state index < -0.39 is 0 Å². The summed E-state index contributed by atoms with van der Waals surface area (Å²) in [5.41, 5.74) is 2.88. The predicted octanol–water partition coefficient (Wildman–Crippen LogP) is 4.11. The molecule has 0 spiro atoms. The second-order valence-electron chi connectivity index (χ2n) is 6.34. The van der Waals surface area contributed by atoms with Gasteiger partial charge in [-0.15, -0.1) is 0 Å². The van der Waals surface area contributed by atoms with Gasteiger partial charge in [0.1, 0.15) is 18.0 Å². The summed E-state index contributed by atoms with van der Waals surface area (Å²) < 4.78 is 10.8. The van der Waals surface area contributed by atoms with Gasteiger partial charge < -0.3 is 20.1 Å². The minimum Gasteiger partial charge on any atom is -0.454 e. The van der Waals surface area contributed by atoms with Crippen molar-refractivity contribution in [1.82, 2.24) is 15.0 Å². The quantitative estimate of drug-likeness (QED) is 0.546. The summed E-state index contributed by atoms with van der Waals surface area (Å²) >= 11 is 0. The van der Waals surface area contributed by atoms with Gasteiger partial charge >= 0.3 is 0 Å².